The molecule has 0 aromatic heterocycles. The summed E-state index contributed by atoms with van der Waals surface area (Å²) in [7, 11) is 0. The van der Waals surface area contributed by atoms with Crippen molar-refractivity contribution in [1.82, 2.24) is 0 Å². The number of rotatable bonds is 3. The van der Waals surface area contributed by atoms with Crippen LogP contribution in [0.4, 0.5) is 0 Å². The van der Waals surface area contributed by atoms with Gasteiger partial charge < -0.3 is 0 Å². The van der Waals surface area contributed by atoms with E-state index in [0.717, 1.165) is 12.8 Å². The van der Waals surface area contributed by atoms with E-state index in [1.807, 2.05) is 0 Å². The molecule has 96 valence electrons. The van der Waals surface area contributed by atoms with E-state index in [2.05, 4.69) is 71.4 Å². The third-order valence-corrected chi connectivity index (χ3v) is 4.43. The summed E-state index contributed by atoms with van der Waals surface area (Å²) < 4.78 is 1.25. The average Bonchev–Trinajstić information content (AvgIpc) is 2.92. The van der Waals surface area contributed by atoms with Gasteiger partial charge in [0.25, 0.3) is 0 Å². The second-order valence-electron chi connectivity index (χ2n) is 5.00. The lowest BCUT2D eigenvalue weighted by Crippen LogP contribution is -1.97. The third-order valence-electron chi connectivity index (χ3n) is 3.73. The molecule has 0 aliphatic heterocycles. The fourth-order valence-electron chi connectivity index (χ4n) is 2.85. The Balaban J connectivity index is 2.20. The van der Waals surface area contributed by atoms with Crippen molar-refractivity contribution >= 4 is 22.0 Å². The van der Waals surface area contributed by atoms with E-state index in [1.54, 1.807) is 0 Å². The highest BCUT2D eigenvalue weighted by molar-refractivity contribution is 9.10. The standard InChI is InChI=1S/C18H17Br/c1-2-7-16-14-10-6-11-15(14)17(12-18(16)19)13-8-4-3-5-9-13/h3-6,8-10,12H,2,7,11H2,1H3. The van der Waals surface area contributed by atoms with Crippen LogP contribution in [0.3, 0.4) is 0 Å². The first-order valence-corrected chi connectivity index (χ1v) is 7.66. The SMILES string of the molecule is CCCc1c(Br)cc(-c2ccccc2)c2c1C=CC2. The van der Waals surface area contributed by atoms with Crippen LogP contribution in [0.2, 0.25) is 0 Å². The Bertz CT molecular complexity index is 624. The maximum absolute atomic E-state index is 3.77. The molecule has 1 aliphatic rings. The molecule has 0 saturated heterocycles. The van der Waals surface area contributed by atoms with Crippen molar-refractivity contribution in [1.29, 1.82) is 0 Å². The average molecular weight is 313 g/mol. The van der Waals surface area contributed by atoms with Gasteiger partial charge in [0.2, 0.25) is 0 Å². The molecule has 19 heavy (non-hydrogen) atoms. The molecule has 3 rings (SSSR count). The number of hydrogen-bond donors (Lipinski definition) is 0. The summed E-state index contributed by atoms with van der Waals surface area (Å²) >= 11 is 3.77. The predicted octanol–water partition coefficient (Wildman–Crippen LogP) is 5.64. The Morgan fingerprint density at radius 3 is 2.68 bits per heavy atom. The molecule has 0 atom stereocenters. The number of halogens is 1. The third kappa shape index (κ3) is 2.28. The lowest BCUT2D eigenvalue weighted by molar-refractivity contribution is 0.913. The maximum atomic E-state index is 3.77. The van der Waals surface area contributed by atoms with E-state index in [1.165, 1.54) is 38.7 Å². The summed E-state index contributed by atoms with van der Waals surface area (Å²) in [6, 6.07) is 13.0. The van der Waals surface area contributed by atoms with Crippen molar-refractivity contribution in [2.24, 2.45) is 0 Å². The molecule has 0 spiro atoms. The van der Waals surface area contributed by atoms with Crippen molar-refractivity contribution in [2.75, 3.05) is 0 Å². The van der Waals surface area contributed by atoms with Crippen molar-refractivity contribution in [2.45, 2.75) is 26.2 Å². The molecule has 0 nitrogen and oxygen atoms in total. The second kappa shape index (κ2) is 5.34. The molecule has 0 fully saturated rings. The molecule has 0 heterocycles. The molecule has 1 heteroatoms. The van der Waals surface area contributed by atoms with E-state index in [0.29, 0.717) is 0 Å². The molecule has 2 aromatic carbocycles. The van der Waals surface area contributed by atoms with Crippen LogP contribution in [-0.2, 0) is 12.8 Å². The first-order chi connectivity index (χ1) is 9.31. The van der Waals surface area contributed by atoms with E-state index in [4.69, 9.17) is 0 Å². The van der Waals surface area contributed by atoms with E-state index >= 15 is 0 Å². The normalized spacial score (nSPS) is 12.7. The second-order valence-corrected chi connectivity index (χ2v) is 5.85. The van der Waals surface area contributed by atoms with Gasteiger partial charge in [-0.1, -0.05) is 71.8 Å². The Labute approximate surface area is 123 Å². The van der Waals surface area contributed by atoms with Gasteiger partial charge in [-0.25, -0.2) is 0 Å². The molecule has 2 aromatic rings. The van der Waals surface area contributed by atoms with Gasteiger partial charge in [-0.2, -0.15) is 0 Å². The molecular weight excluding hydrogens is 296 g/mol. The molecule has 0 saturated carbocycles. The van der Waals surface area contributed by atoms with Crippen LogP contribution in [0, 0.1) is 0 Å². The van der Waals surface area contributed by atoms with Crippen LogP contribution in [0.1, 0.15) is 30.0 Å². The molecule has 0 unspecified atom stereocenters. The fourth-order valence-corrected chi connectivity index (χ4v) is 3.49. The summed E-state index contributed by atoms with van der Waals surface area (Å²) in [4.78, 5) is 0. The quantitative estimate of drug-likeness (QED) is 0.688. The summed E-state index contributed by atoms with van der Waals surface area (Å²) in [5, 5.41) is 0. The van der Waals surface area contributed by atoms with Crippen LogP contribution in [-0.4, -0.2) is 0 Å². The summed E-state index contributed by atoms with van der Waals surface area (Å²) in [5.41, 5.74) is 7.07. The van der Waals surface area contributed by atoms with Gasteiger partial charge in [0.15, 0.2) is 0 Å². The topological polar surface area (TPSA) is 0 Å². The highest BCUT2D eigenvalue weighted by atomic mass is 79.9. The van der Waals surface area contributed by atoms with Crippen LogP contribution in [0.25, 0.3) is 17.2 Å². The van der Waals surface area contributed by atoms with Gasteiger partial charge >= 0.3 is 0 Å². The zero-order valence-corrected chi connectivity index (χ0v) is 12.7. The number of fused-ring (bicyclic) bond motifs is 1. The Hall–Kier alpha value is -1.34. The van der Waals surface area contributed by atoms with Gasteiger partial charge in [-0.05, 0) is 46.7 Å². The largest absolute Gasteiger partial charge is 0.0795 e. The first kappa shape index (κ1) is 12.7. The van der Waals surface area contributed by atoms with Crippen molar-refractivity contribution in [3.63, 3.8) is 0 Å². The zero-order valence-electron chi connectivity index (χ0n) is 11.1. The van der Waals surface area contributed by atoms with Crippen molar-refractivity contribution in [3.05, 3.63) is 63.6 Å². The summed E-state index contributed by atoms with van der Waals surface area (Å²) in [6.07, 6.45) is 7.95. The number of allylic oxidation sites excluding steroid dienone is 1. The molecule has 0 radical (unpaired) electrons. The first-order valence-electron chi connectivity index (χ1n) is 6.87. The minimum absolute atomic E-state index is 1.06. The van der Waals surface area contributed by atoms with Crippen molar-refractivity contribution in [3.8, 4) is 11.1 Å². The van der Waals surface area contributed by atoms with Gasteiger partial charge in [-0.15, -0.1) is 0 Å². The molecule has 0 N–H and O–H groups in total. The maximum Gasteiger partial charge on any atom is 0.0219 e. The summed E-state index contributed by atoms with van der Waals surface area (Å²) in [5.74, 6) is 0. The minimum atomic E-state index is 1.06. The van der Waals surface area contributed by atoms with E-state index in [9.17, 15) is 0 Å². The lowest BCUT2D eigenvalue weighted by atomic mass is 9.92. The molecule has 1 aliphatic carbocycles. The minimum Gasteiger partial charge on any atom is -0.0795 e. The van der Waals surface area contributed by atoms with Gasteiger partial charge in [0, 0.05) is 4.47 Å². The highest BCUT2D eigenvalue weighted by Crippen LogP contribution is 2.38. The molecule has 0 bridgehead atoms. The Morgan fingerprint density at radius 1 is 1.16 bits per heavy atom. The monoisotopic (exact) mass is 312 g/mol. The fraction of sp³-hybridized carbons (Fsp3) is 0.222. The lowest BCUT2D eigenvalue weighted by Gasteiger charge is -2.15. The van der Waals surface area contributed by atoms with Gasteiger partial charge in [0.1, 0.15) is 0 Å². The highest BCUT2D eigenvalue weighted by Gasteiger charge is 2.17. The molecular formula is C18H17Br. The van der Waals surface area contributed by atoms with Crippen LogP contribution < -0.4 is 0 Å². The number of hydrogen-bond acceptors (Lipinski definition) is 0. The van der Waals surface area contributed by atoms with Gasteiger partial charge in [0.05, 0.1) is 0 Å². The number of benzene rings is 2. The van der Waals surface area contributed by atoms with Crippen molar-refractivity contribution < 1.29 is 0 Å². The van der Waals surface area contributed by atoms with E-state index < -0.39 is 0 Å². The molecule has 0 amide bonds. The Kier molecular flexibility index (Phi) is 3.56. The van der Waals surface area contributed by atoms with Crippen LogP contribution in [0.15, 0.2) is 46.9 Å². The smallest absolute Gasteiger partial charge is 0.0219 e. The van der Waals surface area contributed by atoms with E-state index in [-0.39, 0.29) is 0 Å². The summed E-state index contributed by atoms with van der Waals surface area (Å²) in [6.45, 7) is 2.24. The van der Waals surface area contributed by atoms with Crippen LogP contribution >= 0.6 is 15.9 Å². The van der Waals surface area contributed by atoms with Crippen LogP contribution in [0.5, 0.6) is 0 Å². The zero-order chi connectivity index (χ0) is 13.2. The predicted molar refractivity (Wildman–Crippen MR) is 86.3 cm³/mol. The Morgan fingerprint density at radius 2 is 1.95 bits per heavy atom. The van der Waals surface area contributed by atoms with Gasteiger partial charge in [-0.3, -0.25) is 0 Å².